The lowest BCUT2D eigenvalue weighted by Crippen LogP contribution is -2.47. The molecule has 8 heteroatoms. The third-order valence-corrected chi connectivity index (χ3v) is 6.55. The van der Waals surface area contributed by atoms with E-state index in [1.54, 1.807) is 0 Å². The van der Waals surface area contributed by atoms with Crippen molar-refractivity contribution < 1.29 is 29.3 Å². The van der Waals surface area contributed by atoms with Gasteiger partial charge in [-0.2, -0.15) is 0 Å². The number of alkyl carbamates (subject to hydrolysis) is 1. The predicted octanol–water partition coefficient (Wildman–Crippen LogP) is 2.89. The number of carbonyl (C=O) groups is 3. The Labute approximate surface area is 198 Å². The van der Waals surface area contributed by atoms with Crippen molar-refractivity contribution in [1.82, 2.24) is 10.6 Å². The van der Waals surface area contributed by atoms with Crippen molar-refractivity contribution in [3.8, 4) is 11.1 Å². The van der Waals surface area contributed by atoms with Crippen LogP contribution in [0.15, 0.2) is 48.5 Å². The molecule has 2 aliphatic rings. The van der Waals surface area contributed by atoms with Crippen LogP contribution >= 0.6 is 0 Å². The molecule has 1 saturated carbocycles. The van der Waals surface area contributed by atoms with E-state index in [1.807, 2.05) is 36.4 Å². The quantitative estimate of drug-likeness (QED) is 0.404. The van der Waals surface area contributed by atoms with Gasteiger partial charge in [-0.25, -0.2) is 9.59 Å². The fourth-order valence-electron chi connectivity index (χ4n) is 4.57. The molecule has 1 unspecified atom stereocenters. The van der Waals surface area contributed by atoms with Crippen LogP contribution in [0.4, 0.5) is 4.79 Å². The molecule has 4 rings (SSSR count). The van der Waals surface area contributed by atoms with Gasteiger partial charge in [0.1, 0.15) is 12.6 Å². The van der Waals surface area contributed by atoms with Gasteiger partial charge in [0.2, 0.25) is 5.91 Å². The van der Waals surface area contributed by atoms with Gasteiger partial charge in [-0.15, -0.1) is 0 Å². The maximum Gasteiger partial charge on any atom is 0.407 e. The second-order valence-electron chi connectivity index (χ2n) is 8.99. The van der Waals surface area contributed by atoms with Gasteiger partial charge in [0.25, 0.3) is 0 Å². The van der Waals surface area contributed by atoms with E-state index in [9.17, 15) is 19.5 Å². The first-order chi connectivity index (χ1) is 16.5. The van der Waals surface area contributed by atoms with Crippen molar-refractivity contribution in [2.24, 2.45) is 11.8 Å². The summed E-state index contributed by atoms with van der Waals surface area (Å²) in [5, 5.41) is 23.5. The molecule has 0 saturated heterocycles. The number of carbonyl (C=O) groups excluding carboxylic acids is 2. The molecule has 2 amide bonds. The van der Waals surface area contributed by atoms with Crippen LogP contribution in [-0.4, -0.2) is 54.0 Å². The third kappa shape index (κ3) is 5.56. The van der Waals surface area contributed by atoms with E-state index >= 15 is 0 Å². The zero-order valence-electron chi connectivity index (χ0n) is 18.9. The SMILES string of the molecule is O=C(NCC(CC1CC1)C(=O)N[C@@H](CCO)C(=O)O)OCC1c2ccccc2-c2ccccc21. The summed E-state index contributed by atoms with van der Waals surface area (Å²) in [6, 6.07) is 15.0. The van der Waals surface area contributed by atoms with Gasteiger partial charge in [-0.3, -0.25) is 4.79 Å². The fraction of sp³-hybridized carbons (Fsp3) is 0.423. The van der Waals surface area contributed by atoms with Crippen LogP contribution in [0.1, 0.15) is 42.7 Å². The number of hydrogen-bond acceptors (Lipinski definition) is 5. The lowest BCUT2D eigenvalue weighted by Gasteiger charge is -2.21. The number of aliphatic carboxylic acids is 1. The maximum atomic E-state index is 12.7. The molecule has 180 valence electrons. The van der Waals surface area contributed by atoms with E-state index in [1.165, 1.54) is 0 Å². The lowest BCUT2D eigenvalue weighted by molar-refractivity contribution is -0.143. The van der Waals surface area contributed by atoms with Gasteiger partial charge in [0, 0.05) is 25.5 Å². The molecule has 0 radical (unpaired) electrons. The first-order valence-corrected chi connectivity index (χ1v) is 11.7. The summed E-state index contributed by atoms with van der Waals surface area (Å²) in [5.41, 5.74) is 4.52. The number of aliphatic hydroxyl groups excluding tert-OH is 1. The molecule has 2 aliphatic carbocycles. The van der Waals surface area contributed by atoms with Crippen LogP contribution < -0.4 is 10.6 Å². The van der Waals surface area contributed by atoms with Crippen molar-refractivity contribution in [3.05, 3.63) is 59.7 Å². The second-order valence-corrected chi connectivity index (χ2v) is 8.99. The van der Waals surface area contributed by atoms with Crippen LogP contribution in [0, 0.1) is 11.8 Å². The highest BCUT2D eigenvalue weighted by molar-refractivity contribution is 5.85. The summed E-state index contributed by atoms with van der Waals surface area (Å²) >= 11 is 0. The van der Waals surface area contributed by atoms with Gasteiger partial charge in [0.05, 0.1) is 5.92 Å². The van der Waals surface area contributed by atoms with Gasteiger partial charge in [0.15, 0.2) is 0 Å². The third-order valence-electron chi connectivity index (χ3n) is 6.55. The van der Waals surface area contributed by atoms with E-state index in [4.69, 9.17) is 9.84 Å². The van der Waals surface area contributed by atoms with E-state index in [-0.39, 0.29) is 32.1 Å². The van der Waals surface area contributed by atoms with Gasteiger partial charge in [-0.1, -0.05) is 61.4 Å². The van der Waals surface area contributed by atoms with Crippen LogP contribution in [0.25, 0.3) is 11.1 Å². The zero-order chi connectivity index (χ0) is 24.1. The first-order valence-electron chi connectivity index (χ1n) is 11.7. The Morgan fingerprint density at radius 3 is 2.18 bits per heavy atom. The number of carboxylic acid groups (broad SMARTS) is 1. The number of amides is 2. The molecule has 2 atom stereocenters. The summed E-state index contributed by atoms with van der Waals surface area (Å²) in [7, 11) is 0. The monoisotopic (exact) mass is 466 g/mol. The highest BCUT2D eigenvalue weighted by Gasteiger charge is 2.32. The maximum absolute atomic E-state index is 12.7. The Kier molecular flexibility index (Phi) is 7.47. The molecule has 0 bridgehead atoms. The summed E-state index contributed by atoms with van der Waals surface area (Å²) in [6.07, 6.45) is 1.93. The van der Waals surface area contributed by atoms with Crippen molar-refractivity contribution in [2.75, 3.05) is 19.8 Å². The predicted molar refractivity (Wildman–Crippen MR) is 125 cm³/mol. The fourth-order valence-corrected chi connectivity index (χ4v) is 4.57. The van der Waals surface area contributed by atoms with Gasteiger partial charge in [-0.05, 0) is 34.6 Å². The Morgan fingerprint density at radius 1 is 1.00 bits per heavy atom. The number of fused-ring (bicyclic) bond motifs is 3. The number of hydrogen-bond donors (Lipinski definition) is 4. The number of carboxylic acids is 1. The summed E-state index contributed by atoms with van der Waals surface area (Å²) in [4.78, 5) is 36.5. The molecule has 4 N–H and O–H groups in total. The van der Waals surface area contributed by atoms with Gasteiger partial charge >= 0.3 is 12.1 Å². The Hall–Kier alpha value is -3.39. The van der Waals surface area contributed by atoms with Crippen molar-refractivity contribution in [1.29, 1.82) is 0 Å². The van der Waals surface area contributed by atoms with E-state index in [0.717, 1.165) is 35.1 Å². The minimum atomic E-state index is -1.20. The highest BCUT2D eigenvalue weighted by Crippen LogP contribution is 2.44. The number of benzene rings is 2. The Morgan fingerprint density at radius 2 is 1.62 bits per heavy atom. The largest absolute Gasteiger partial charge is 0.480 e. The number of aliphatic hydroxyl groups is 1. The molecule has 0 aliphatic heterocycles. The normalized spacial score (nSPS) is 16.1. The molecule has 1 fully saturated rings. The molecular formula is C26H30N2O6. The molecule has 34 heavy (non-hydrogen) atoms. The summed E-state index contributed by atoms with van der Waals surface area (Å²) in [6.45, 7) is -0.107. The smallest absolute Gasteiger partial charge is 0.407 e. The summed E-state index contributed by atoms with van der Waals surface area (Å²) < 4.78 is 5.54. The van der Waals surface area contributed by atoms with Crippen molar-refractivity contribution in [3.63, 3.8) is 0 Å². The Balaban J connectivity index is 1.34. The molecule has 0 heterocycles. The summed E-state index contributed by atoms with van der Waals surface area (Å²) in [5.74, 6) is -1.85. The average molecular weight is 467 g/mol. The van der Waals surface area contributed by atoms with Crippen LogP contribution in [-0.2, 0) is 14.3 Å². The first kappa shape index (κ1) is 23.8. The molecular weight excluding hydrogens is 436 g/mol. The number of nitrogens with one attached hydrogen (secondary N) is 2. The van der Waals surface area contributed by atoms with E-state index in [0.29, 0.717) is 12.3 Å². The van der Waals surface area contributed by atoms with E-state index < -0.39 is 29.9 Å². The van der Waals surface area contributed by atoms with Gasteiger partial charge < -0.3 is 25.6 Å². The molecule has 0 aromatic heterocycles. The zero-order valence-corrected chi connectivity index (χ0v) is 18.9. The van der Waals surface area contributed by atoms with Crippen LogP contribution in [0.5, 0.6) is 0 Å². The topological polar surface area (TPSA) is 125 Å². The van der Waals surface area contributed by atoms with Crippen molar-refractivity contribution in [2.45, 2.75) is 37.6 Å². The van der Waals surface area contributed by atoms with Crippen molar-refractivity contribution >= 4 is 18.0 Å². The lowest BCUT2D eigenvalue weighted by atomic mass is 9.98. The van der Waals surface area contributed by atoms with Crippen LogP contribution in [0.2, 0.25) is 0 Å². The molecule has 8 nitrogen and oxygen atoms in total. The molecule has 0 spiro atoms. The number of ether oxygens (including phenoxy) is 1. The minimum absolute atomic E-state index is 0.0569. The standard InChI is InChI=1S/C26H30N2O6/c29-12-11-23(25(31)32)28-24(30)17(13-16-9-10-16)14-27-26(33)34-15-22-20-7-3-1-5-18(20)19-6-2-4-8-21(19)22/h1-8,16-17,22-23,29H,9-15H2,(H,27,33)(H,28,30)(H,31,32)/t17?,23-/m0/s1. The minimum Gasteiger partial charge on any atom is -0.480 e. The highest BCUT2D eigenvalue weighted by atomic mass is 16.5. The average Bonchev–Trinajstić information content (AvgIpc) is 3.60. The number of rotatable bonds is 11. The van der Waals surface area contributed by atoms with E-state index in [2.05, 4.69) is 22.8 Å². The Bertz CT molecular complexity index is 1010. The second kappa shape index (κ2) is 10.7. The molecule has 2 aromatic rings. The van der Waals surface area contributed by atoms with Crippen LogP contribution in [0.3, 0.4) is 0 Å². The molecule has 2 aromatic carbocycles.